The fraction of sp³-hybridized carbons (Fsp3) is 0.182. The molecular weight excluding hydrogens is 475 g/mol. The van der Waals surface area contributed by atoms with Crippen molar-refractivity contribution in [3.8, 4) is 11.6 Å². The minimum Gasteiger partial charge on any atom is -0.497 e. The molecule has 0 aliphatic carbocycles. The fourth-order valence-corrected chi connectivity index (χ4v) is 3.90. The van der Waals surface area contributed by atoms with Gasteiger partial charge in [0.2, 0.25) is 5.88 Å². The molecule has 2 N–H and O–H groups in total. The first-order valence-corrected chi connectivity index (χ1v) is 11.2. The van der Waals surface area contributed by atoms with Crippen LogP contribution in [0, 0.1) is 0 Å². The Morgan fingerprint density at radius 1 is 1.06 bits per heavy atom. The van der Waals surface area contributed by atoms with Crippen molar-refractivity contribution in [2.75, 3.05) is 18.4 Å². The van der Waals surface area contributed by atoms with Crippen LogP contribution in [0.5, 0.6) is 11.6 Å². The standard InChI is InChI=1S/C22H20F3N3O5S/c1-32-18-9-7-17(8-10-18)28-34(30,31)19-6-2-4-15(12-19)20(29)27-13-16-5-3-11-26-21(16)33-14-22(23,24)25/h2-12,28H,13-14H2,1H3,(H,27,29). The van der Waals surface area contributed by atoms with Gasteiger partial charge < -0.3 is 14.8 Å². The molecule has 1 heterocycles. The number of aromatic nitrogens is 1. The largest absolute Gasteiger partial charge is 0.497 e. The number of carbonyl (C=O) groups is 1. The number of hydrogen-bond donors (Lipinski definition) is 2. The van der Waals surface area contributed by atoms with E-state index in [0.29, 0.717) is 11.4 Å². The molecule has 8 nitrogen and oxygen atoms in total. The zero-order chi connectivity index (χ0) is 24.8. The molecule has 0 radical (unpaired) electrons. The molecule has 2 aromatic carbocycles. The van der Waals surface area contributed by atoms with Crippen molar-refractivity contribution >= 4 is 21.6 Å². The van der Waals surface area contributed by atoms with Crippen LogP contribution in [0.1, 0.15) is 15.9 Å². The van der Waals surface area contributed by atoms with Gasteiger partial charge in [0.1, 0.15) is 5.75 Å². The molecule has 3 aromatic rings. The lowest BCUT2D eigenvalue weighted by Gasteiger charge is -2.13. The van der Waals surface area contributed by atoms with Gasteiger partial charge in [-0.05, 0) is 48.5 Å². The van der Waals surface area contributed by atoms with Crippen LogP contribution < -0.4 is 19.5 Å². The molecule has 1 aromatic heterocycles. The van der Waals surface area contributed by atoms with Gasteiger partial charge >= 0.3 is 6.18 Å². The number of pyridine rings is 1. The minimum absolute atomic E-state index is 0.0410. The number of alkyl halides is 3. The first kappa shape index (κ1) is 24.8. The van der Waals surface area contributed by atoms with Gasteiger partial charge in [-0.1, -0.05) is 12.1 Å². The lowest BCUT2D eigenvalue weighted by molar-refractivity contribution is -0.154. The summed E-state index contributed by atoms with van der Waals surface area (Å²) in [5.41, 5.74) is 0.572. The molecule has 0 aliphatic rings. The van der Waals surface area contributed by atoms with Crippen LogP contribution in [0.15, 0.2) is 71.8 Å². The van der Waals surface area contributed by atoms with Gasteiger partial charge in [0.05, 0.1) is 12.0 Å². The molecule has 12 heteroatoms. The van der Waals surface area contributed by atoms with Crippen LogP contribution >= 0.6 is 0 Å². The van der Waals surface area contributed by atoms with Gasteiger partial charge in [-0.2, -0.15) is 13.2 Å². The number of ether oxygens (including phenoxy) is 2. The number of hydrogen-bond acceptors (Lipinski definition) is 6. The van der Waals surface area contributed by atoms with Crippen molar-refractivity contribution in [3.63, 3.8) is 0 Å². The van der Waals surface area contributed by atoms with Crippen LogP contribution in [0.2, 0.25) is 0 Å². The molecule has 0 atom stereocenters. The van der Waals surface area contributed by atoms with E-state index in [0.717, 1.165) is 0 Å². The van der Waals surface area contributed by atoms with Crippen LogP contribution in [0.25, 0.3) is 0 Å². The van der Waals surface area contributed by atoms with Gasteiger partial charge in [-0.3, -0.25) is 9.52 Å². The van der Waals surface area contributed by atoms with Crippen molar-refractivity contribution in [2.24, 2.45) is 0 Å². The zero-order valence-corrected chi connectivity index (χ0v) is 18.6. The third kappa shape index (κ3) is 6.85. The average molecular weight is 495 g/mol. The Morgan fingerprint density at radius 3 is 2.47 bits per heavy atom. The van der Waals surface area contributed by atoms with Crippen molar-refractivity contribution < 1.29 is 35.9 Å². The predicted octanol–water partition coefficient (Wildman–Crippen LogP) is 3.76. The highest BCUT2D eigenvalue weighted by atomic mass is 32.2. The molecule has 0 bridgehead atoms. The zero-order valence-electron chi connectivity index (χ0n) is 17.8. The molecule has 34 heavy (non-hydrogen) atoms. The van der Waals surface area contributed by atoms with E-state index in [2.05, 4.69) is 15.0 Å². The first-order valence-electron chi connectivity index (χ1n) is 9.76. The van der Waals surface area contributed by atoms with Crippen LogP contribution in [-0.2, 0) is 16.6 Å². The number of carbonyl (C=O) groups excluding carboxylic acids is 1. The summed E-state index contributed by atoms with van der Waals surface area (Å²) in [7, 11) is -2.50. The second-order valence-electron chi connectivity index (χ2n) is 6.92. The lowest BCUT2D eigenvalue weighted by Crippen LogP contribution is -2.25. The third-order valence-electron chi connectivity index (χ3n) is 4.41. The summed E-state index contributed by atoms with van der Waals surface area (Å²) in [4.78, 5) is 16.2. The summed E-state index contributed by atoms with van der Waals surface area (Å²) >= 11 is 0. The normalized spacial score (nSPS) is 11.5. The molecule has 3 rings (SSSR count). The molecule has 0 aliphatic heterocycles. The first-order chi connectivity index (χ1) is 16.1. The molecule has 180 valence electrons. The van der Waals surface area contributed by atoms with E-state index in [-0.39, 0.29) is 28.4 Å². The van der Waals surface area contributed by atoms with Crippen molar-refractivity contribution in [1.82, 2.24) is 10.3 Å². The minimum atomic E-state index is -4.54. The van der Waals surface area contributed by atoms with Crippen LogP contribution in [0.3, 0.4) is 0 Å². The summed E-state index contributed by atoms with van der Waals surface area (Å²) in [6, 6.07) is 14.5. The number of anilines is 1. The maximum Gasteiger partial charge on any atom is 0.422 e. The Balaban J connectivity index is 1.69. The monoisotopic (exact) mass is 495 g/mol. The Kier molecular flexibility index (Phi) is 7.61. The van der Waals surface area contributed by atoms with Crippen LogP contribution in [-0.4, -0.2) is 39.2 Å². The van der Waals surface area contributed by atoms with Crippen molar-refractivity contribution in [1.29, 1.82) is 0 Å². The van der Waals surface area contributed by atoms with Crippen molar-refractivity contribution in [3.05, 3.63) is 78.0 Å². The molecule has 0 saturated heterocycles. The summed E-state index contributed by atoms with van der Waals surface area (Å²) in [6.45, 7) is -1.70. The number of halogens is 3. The fourth-order valence-electron chi connectivity index (χ4n) is 2.79. The van der Waals surface area contributed by atoms with E-state index in [9.17, 15) is 26.4 Å². The quantitative estimate of drug-likeness (QED) is 0.468. The predicted molar refractivity (Wildman–Crippen MR) is 117 cm³/mol. The van der Waals surface area contributed by atoms with E-state index in [1.165, 1.54) is 61.8 Å². The average Bonchev–Trinajstić information content (AvgIpc) is 2.81. The highest BCUT2D eigenvalue weighted by Crippen LogP contribution is 2.21. The Hall–Kier alpha value is -3.80. The van der Waals surface area contributed by atoms with Gasteiger partial charge in [0.25, 0.3) is 15.9 Å². The second kappa shape index (κ2) is 10.4. The summed E-state index contributed by atoms with van der Waals surface area (Å²) in [5, 5.41) is 2.52. The van der Waals surface area contributed by atoms with Crippen LogP contribution in [0.4, 0.5) is 18.9 Å². The number of rotatable bonds is 9. The Morgan fingerprint density at radius 2 is 1.79 bits per heavy atom. The number of nitrogens with zero attached hydrogens (tertiary/aromatic N) is 1. The van der Waals surface area contributed by atoms with Crippen molar-refractivity contribution in [2.45, 2.75) is 17.6 Å². The Labute approximate surface area is 193 Å². The lowest BCUT2D eigenvalue weighted by atomic mass is 10.2. The SMILES string of the molecule is COc1ccc(NS(=O)(=O)c2cccc(C(=O)NCc3cccnc3OCC(F)(F)F)c2)cc1. The molecule has 1 amide bonds. The summed E-state index contributed by atoms with van der Waals surface area (Å²) in [5.74, 6) is -0.338. The highest BCUT2D eigenvalue weighted by molar-refractivity contribution is 7.92. The summed E-state index contributed by atoms with van der Waals surface area (Å²) in [6.07, 6.45) is -3.27. The molecular formula is C22H20F3N3O5S. The van der Waals surface area contributed by atoms with E-state index in [4.69, 9.17) is 9.47 Å². The van der Waals surface area contributed by atoms with E-state index in [1.807, 2.05) is 0 Å². The third-order valence-corrected chi connectivity index (χ3v) is 5.79. The van der Waals surface area contributed by atoms with E-state index in [1.54, 1.807) is 12.1 Å². The summed E-state index contributed by atoms with van der Waals surface area (Å²) < 4.78 is 74.9. The van der Waals surface area contributed by atoms with Gasteiger partial charge in [-0.25, -0.2) is 13.4 Å². The number of benzene rings is 2. The van der Waals surface area contributed by atoms with E-state index >= 15 is 0 Å². The number of amides is 1. The number of methoxy groups -OCH3 is 1. The van der Waals surface area contributed by atoms with E-state index < -0.39 is 28.7 Å². The smallest absolute Gasteiger partial charge is 0.422 e. The maximum atomic E-state index is 12.7. The Bertz CT molecular complexity index is 1250. The molecule has 0 spiro atoms. The second-order valence-corrected chi connectivity index (χ2v) is 8.60. The maximum absolute atomic E-state index is 12.7. The molecule has 0 fully saturated rings. The van der Waals surface area contributed by atoms with Gasteiger partial charge in [0.15, 0.2) is 6.61 Å². The molecule has 0 saturated carbocycles. The van der Waals surface area contributed by atoms with Gasteiger partial charge in [-0.15, -0.1) is 0 Å². The van der Waals surface area contributed by atoms with Gasteiger partial charge in [0, 0.05) is 29.6 Å². The highest BCUT2D eigenvalue weighted by Gasteiger charge is 2.29. The topological polar surface area (TPSA) is 107 Å². The number of sulfonamides is 1. The molecule has 0 unspecified atom stereocenters. The number of nitrogens with one attached hydrogen (secondary N) is 2.